The summed E-state index contributed by atoms with van der Waals surface area (Å²) in [5, 5.41) is 6.82. The maximum Gasteiger partial charge on any atom is 0.261 e. The van der Waals surface area contributed by atoms with Crippen LogP contribution in [0.2, 0.25) is 0 Å². The van der Waals surface area contributed by atoms with Crippen molar-refractivity contribution in [3.63, 3.8) is 0 Å². The van der Waals surface area contributed by atoms with Gasteiger partial charge in [-0.15, -0.1) is 11.3 Å². The van der Waals surface area contributed by atoms with Crippen molar-refractivity contribution in [2.45, 2.75) is 6.92 Å². The highest BCUT2D eigenvalue weighted by Crippen LogP contribution is 2.34. The third-order valence-corrected chi connectivity index (χ3v) is 6.17. The number of aryl methyl sites for hydroxylation is 1. The van der Waals surface area contributed by atoms with Gasteiger partial charge < -0.3 is 14.8 Å². The molecule has 0 aliphatic carbocycles. The topological polar surface area (TPSA) is 72.5 Å². The van der Waals surface area contributed by atoms with E-state index in [1.807, 2.05) is 55.5 Å². The van der Waals surface area contributed by atoms with Crippen LogP contribution in [0.15, 0.2) is 60.7 Å². The lowest BCUT2D eigenvalue weighted by molar-refractivity contribution is 0.0974. The number of hydrogen-bond donors (Lipinski definition) is 2. The summed E-state index contributed by atoms with van der Waals surface area (Å²) in [7, 11) is 3.12. The molecule has 0 atom stereocenters. The average Bonchev–Trinajstić information content (AvgIpc) is 3.23. The Morgan fingerprint density at radius 3 is 2.59 bits per heavy atom. The SMILES string of the molecule is COc1ccc(-c2nc3ccccc3s2)cc1NC(=S)NC(=O)c1cccc(C)c1OC. The molecule has 0 aliphatic heterocycles. The van der Waals surface area contributed by atoms with E-state index in [-0.39, 0.29) is 11.0 Å². The van der Waals surface area contributed by atoms with Crippen LogP contribution >= 0.6 is 23.6 Å². The third-order valence-electron chi connectivity index (χ3n) is 4.88. The van der Waals surface area contributed by atoms with Gasteiger partial charge in [-0.1, -0.05) is 24.3 Å². The predicted molar refractivity (Wildman–Crippen MR) is 133 cm³/mol. The van der Waals surface area contributed by atoms with E-state index in [0.29, 0.717) is 22.7 Å². The van der Waals surface area contributed by atoms with Crippen molar-refractivity contribution in [1.82, 2.24) is 10.3 Å². The van der Waals surface area contributed by atoms with Crippen LogP contribution in [0.3, 0.4) is 0 Å². The monoisotopic (exact) mass is 463 g/mol. The van der Waals surface area contributed by atoms with Gasteiger partial charge in [-0.3, -0.25) is 10.1 Å². The Kier molecular flexibility index (Phi) is 6.34. The maximum atomic E-state index is 12.8. The maximum absolute atomic E-state index is 12.8. The van der Waals surface area contributed by atoms with Crippen LogP contribution in [0.5, 0.6) is 11.5 Å². The molecule has 162 valence electrons. The Labute approximate surface area is 195 Å². The molecule has 2 N–H and O–H groups in total. The lowest BCUT2D eigenvalue weighted by Crippen LogP contribution is -2.34. The van der Waals surface area contributed by atoms with Crippen LogP contribution in [-0.4, -0.2) is 30.2 Å². The number of para-hydroxylation sites is 2. The number of aromatic nitrogens is 1. The first kappa shape index (κ1) is 21.7. The lowest BCUT2D eigenvalue weighted by atomic mass is 10.1. The molecular formula is C24H21N3O3S2. The number of hydrogen-bond acceptors (Lipinski definition) is 6. The smallest absolute Gasteiger partial charge is 0.261 e. The molecule has 6 nitrogen and oxygen atoms in total. The Hall–Kier alpha value is -3.49. The van der Waals surface area contributed by atoms with E-state index >= 15 is 0 Å². The molecule has 0 spiro atoms. The largest absolute Gasteiger partial charge is 0.496 e. The van der Waals surface area contributed by atoms with Crippen molar-refractivity contribution >= 4 is 50.5 Å². The van der Waals surface area contributed by atoms with E-state index < -0.39 is 0 Å². The third kappa shape index (κ3) is 4.42. The minimum Gasteiger partial charge on any atom is -0.496 e. The van der Waals surface area contributed by atoms with E-state index in [9.17, 15) is 4.79 Å². The number of rotatable bonds is 5. The first-order valence-electron chi connectivity index (χ1n) is 9.80. The van der Waals surface area contributed by atoms with Gasteiger partial charge in [0.05, 0.1) is 35.7 Å². The van der Waals surface area contributed by atoms with Gasteiger partial charge in [0.1, 0.15) is 16.5 Å². The predicted octanol–water partition coefficient (Wildman–Crippen LogP) is 5.42. The summed E-state index contributed by atoms with van der Waals surface area (Å²) in [5.41, 5.74) is 3.78. The number of carbonyl (C=O) groups is 1. The van der Waals surface area contributed by atoms with Gasteiger partial charge >= 0.3 is 0 Å². The number of nitrogens with one attached hydrogen (secondary N) is 2. The highest BCUT2D eigenvalue weighted by atomic mass is 32.1. The Morgan fingerprint density at radius 1 is 1.03 bits per heavy atom. The number of ether oxygens (including phenoxy) is 2. The Bertz CT molecular complexity index is 1280. The molecule has 8 heteroatoms. The average molecular weight is 464 g/mol. The zero-order valence-corrected chi connectivity index (χ0v) is 19.4. The zero-order chi connectivity index (χ0) is 22.7. The number of carbonyl (C=O) groups excluding carboxylic acids is 1. The van der Waals surface area contributed by atoms with Crippen LogP contribution in [-0.2, 0) is 0 Å². The van der Waals surface area contributed by atoms with Crippen molar-refractivity contribution in [2.24, 2.45) is 0 Å². The number of benzene rings is 3. The van der Waals surface area contributed by atoms with Crippen LogP contribution in [0, 0.1) is 6.92 Å². The molecular weight excluding hydrogens is 442 g/mol. The summed E-state index contributed by atoms with van der Waals surface area (Å²) in [6.07, 6.45) is 0. The molecule has 0 aliphatic rings. The molecule has 1 heterocycles. The summed E-state index contributed by atoms with van der Waals surface area (Å²) in [6, 6.07) is 19.1. The molecule has 0 fully saturated rings. The molecule has 1 aromatic heterocycles. The van der Waals surface area contributed by atoms with E-state index in [0.717, 1.165) is 26.4 Å². The number of methoxy groups -OCH3 is 2. The molecule has 0 saturated carbocycles. The molecule has 0 bridgehead atoms. The fraction of sp³-hybridized carbons (Fsp3) is 0.125. The van der Waals surface area contributed by atoms with Crippen LogP contribution in [0.25, 0.3) is 20.8 Å². The zero-order valence-electron chi connectivity index (χ0n) is 17.8. The number of fused-ring (bicyclic) bond motifs is 1. The fourth-order valence-corrected chi connectivity index (χ4v) is 4.53. The van der Waals surface area contributed by atoms with Crippen molar-refractivity contribution in [3.05, 3.63) is 71.8 Å². The first-order valence-corrected chi connectivity index (χ1v) is 11.0. The van der Waals surface area contributed by atoms with Gasteiger partial charge in [0.2, 0.25) is 0 Å². The molecule has 4 rings (SSSR count). The number of anilines is 1. The van der Waals surface area contributed by atoms with E-state index in [1.54, 1.807) is 30.6 Å². The lowest BCUT2D eigenvalue weighted by Gasteiger charge is -2.15. The molecule has 0 unspecified atom stereocenters. The number of thiocarbonyl (C=S) groups is 1. The van der Waals surface area contributed by atoms with Gasteiger partial charge in [-0.05, 0) is 61.1 Å². The summed E-state index contributed by atoms with van der Waals surface area (Å²) in [6.45, 7) is 1.88. The number of thiazole rings is 1. The molecule has 0 radical (unpaired) electrons. The highest BCUT2D eigenvalue weighted by Gasteiger charge is 2.16. The van der Waals surface area contributed by atoms with Crippen molar-refractivity contribution in [3.8, 4) is 22.1 Å². The molecule has 0 saturated heterocycles. The molecule has 3 aromatic carbocycles. The second-order valence-electron chi connectivity index (χ2n) is 6.97. The summed E-state index contributed by atoms with van der Waals surface area (Å²) in [5.74, 6) is 0.757. The van der Waals surface area contributed by atoms with Crippen molar-refractivity contribution in [2.75, 3.05) is 19.5 Å². The molecule has 4 aromatic rings. The normalized spacial score (nSPS) is 10.6. The summed E-state index contributed by atoms with van der Waals surface area (Å²) in [4.78, 5) is 17.5. The first-order chi connectivity index (χ1) is 15.5. The Balaban J connectivity index is 1.57. The number of nitrogens with zero attached hydrogens (tertiary/aromatic N) is 1. The van der Waals surface area contributed by atoms with Gasteiger partial charge in [-0.2, -0.15) is 0 Å². The summed E-state index contributed by atoms with van der Waals surface area (Å²) < 4.78 is 12.0. The van der Waals surface area contributed by atoms with Crippen LogP contribution in [0.1, 0.15) is 15.9 Å². The molecule has 1 amide bonds. The second kappa shape index (κ2) is 9.33. The highest BCUT2D eigenvalue weighted by molar-refractivity contribution is 7.80. The van der Waals surface area contributed by atoms with Crippen LogP contribution in [0.4, 0.5) is 5.69 Å². The van der Waals surface area contributed by atoms with Crippen LogP contribution < -0.4 is 20.1 Å². The van der Waals surface area contributed by atoms with E-state index in [4.69, 9.17) is 26.7 Å². The minimum absolute atomic E-state index is 0.151. The van der Waals surface area contributed by atoms with Gasteiger partial charge in [-0.25, -0.2) is 4.98 Å². The van der Waals surface area contributed by atoms with Crippen molar-refractivity contribution in [1.29, 1.82) is 0 Å². The quantitative estimate of drug-likeness (QED) is 0.385. The number of amides is 1. The fourth-order valence-electron chi connectivity index (χ4n) is 3.36. The standard InChI is InChI=1S/C24H21N3O3S2/c1-14-7-6-8-16(21(14)30-3)22(28)27-24(31)26-18-13-15(11-12-19(18)29-2)23-25-17-9-4-5-10-20(17)32-23/h4-13H,1-3H3,(H2,26,27,28,31). The van der Waals surface area contributed by atoms with Gasteiger partial charge in [0.25, 0.3) is 5.91 Å². The van der Waals surface area contributed by atoms with Gasteiger partial charge in [0, 0.05) is 5.56 Å². The summed E-state index contributed by atoms with van der Waals surface area (Å²) >= 11 is 7.00. The van der Waals surface area contributed by atoms with E-state index in [2.05, 4.69) is 10.6 Å². The minimum atomic E-state index is -0.357. The van der Waals surface area contributed by atoms with Gasteiger partial charge in [0.15, 0.2) is 5.11 Å². The van der Waals surface area contributed by atoms with Crippen molar-refractivity contribution < 1.29 is 14.3 Å². The van der Waals surface area contributed by atoms with E-state index in [1.165, 1.54) is 7.11 Å². The Morgan fingerprint density at radius 2 is 1.84 bits per heavy atom. The molecule has 32 heavy (non-hydrogen) atoms. The second-order valence-corrected chi connectivity index (χ2v) is 8.40.